The summed E-state index contributed by atoms with van der Waals surface area (Å²) in [6.07, 6.45) is 2.33. The van der Waals surface area contributed by atoms with E-state index >= 15 is 0 Å². The topological polar surface area (TPSA) is 80.3 Å². The van der Waals surface area contributed by atoms with Crippen LogP contribution in [0.4, 0.5) is 0 Å². The first-order valence-corrected chi connectivity index (χ1v) is 9.38. The van der Waals surface area contributed by atoms with Gasteiger partial charge in [-0.1, -0.05) is 30.3 Å². The van der Waals surface area contributed by atoms with Crippen molar-refractivity contribution in [1.82, 2.24) is 15.1 Å². The van der Waals surface area contributed by atoms with Crippen LogP contribution in [0.25, 0.3) is 17.1 Å². The third kappa shape index (κ3) is 4.21. The molecule has 0 radical (unpaired) electrons. The van der Waals surface area contributed by atoms with Gasteiger partial charge in [-0.2, -0.15) is 5.10 Å². The van der Waals surface area contributed by atoms with E-state index in [0.29, 0.717) is 30.0 Å². The summed E-state index contributed by atoms with van der Waals surface area (Å²) < 4.78 is 7.39. The summed E-state index contributed by atoms with van der Waals surface area (Å²) in [5.41, 5.74) is 2.75. The van der Waals surface area contributed by atoms with E-state index in [-0.39, 0.29) is 11.7 Å². The Balaban J connectivity index is 1.57. The lowest BCUT2D eigenvalue weighted by molar-refractivity contribution is 0.0954. The van der Waals surface area contributed by atoms with Crippen LogP contribution in [0, 0.1) is 6.92 Å². The van der Waals surface area contributed by atoms with Crippen LogP contribution in [0.5, 0.6) is 5.75 Å². The fourth-order valence-corrected chi connectivity index (χ4v) is 3.12. The maximum absolute atomic E-state index is 12.9. The van der Waals surface area contributed by atoms with Crippen LogP contribution >= 0.6 is 0 Å². The van der Waals surface area contributed by atoms with Crippen LogP contribution in [0.1, 0.15) is 21.7 Å². The van der Waals surface area contributed by atoms with E-state index in [9.17, 15) is 9.90 Å². The van der Waals surface area contributed by atoms with Gasteiger partial charge in [-0.05, 0) is 55.3 Å². The number of hydrogen-bond acceptors (Lipinski definition) is 4. The minimum Gasteiger partial charge on any atom is -0.508 e. The monoisotopic (exact) mass is 387 g/mol. The smallest absolute Gasteiger partial charge is 0.255 e. The first-order chi connectivity index (χ1) is 14.1. The summed E-state index contributed by atoms with van der Waals surface area (Å²) in [6, 6.07) is 20.3. The van der Waals surface area contributed by atoms with Gasteiger partial charge in [0.05, 0.1) is 11.3 Å². The van der Waals surface area contributed by atoms with Crippen molar-refractivity contribution >= 4 is 5.91 Å². The van der Waals surface area contributed by atoms with Gasteiger partial charge in [0.1, 0.15) is 17.2 Å². The summed E-state index contributed by atoms with van der Waals surface area (Å²) in [5, 5.41) is 17.1. The van der Waals surface area contributed by atoms with E-state index < -0.39 is 0 Å². The zero-order valence-electron chi connectivity index (χ0n) is 16.0. The Hall–Kier alpha value is -3.80. The number of phenolic OH excluding ortho intramolecular Hbond substituents is 1. The van der Waals surface area contributed by atoms with E-state index in [4.69, 9.17) is 4.42 Å². The predicted octanol–water partition coefficient (Wildman–Crippen LogP) is 4.12. The summed E-state index contributed by atoms with van der Waals surface area (Å²) in [7, 11) is 0. The Morgan fingerprint density at radius 3 is 2.66 bits per heavy atom. The highest BCUT2D eigenvalue weighted by Crippen LogP contribution is 2.25. The quantitative estimate of drug-likeness (QED) is 0.522. The van der Waals surface area contributed by atoms with Crippen LogP contribution in [0.15, 0.2) is 77.3 Å². The SMILES string of the molecule is Cc1ccc(-c2nn(-c3ccccc3)cc2C(=O)NCCc2cccc(O)c2)o1. The number of hydrogen-bond donors (Lipinski definition) is 2. The standard InChI is InChI=1S/C23H21N3O3/c1-16-10-11-21(29-16)22-20(15-26(25-22)18-7-3-2-4-8-18)23(28)24-13-12-17-6-5-9-19(27)14-17/h2-11,14-15,27H,12-13H2,1H3,(H,24,28). The van der Waals surface area contributed by atoms with Gasteiger partial charge in [0.2, 0.25) is 0 Å². The number of rotatable bonds is 6. The van der Waals surface area contributed by atoms with E-state index in [2.05, 4.69) is 10.4 Å². The molecule has 6 nitrogen and oxygen atoms in total. The lowest BCUT2D eigenvalue weighted by Gasteiger charge is -2.05. The van der Waals surface area contributed by atoms with Gasteiger partial charge < -0.3 is 14.8 Å². The molecule has 2 aromatic heterocycles. The first kappa shape index (κ1) is 18.6. The number of carbonyl (C=O) groups excluding carboxylic acids is 1. The van der Waals surface area contributed by atoms with E-state index in [1.807, 2.05) is 55.5 Å². The van der Waals surface area contributed by atoms with Gasteiger partial charge in [0, 0.05) is 12.7 Å². The highest BCUT2D eigenvalue weighted by Gasteiger charge is 2.20. The molecule has 1 amide bonds. The fraction of sp³-hybridized carbons (Fsp3) is 0.130. The third-order valence-corrected chi connectivity index (χ3v) is 4.56. The van der Waals surface area contributed by atoms with Crippen molar-refractivity contribution in [3.8, 4) is 22.9 Å². The molecule has 0 saturated carbocycles. The van der Waals surface area contributed by atoms with Gasteiger partial charge in [-0.3, -0.25) is 4.79 Å². The molecule has 0 bridgehead atoms. The molecule has 0 aliphatic heterocycles. The number of amides is 1. The number of furan rings is 1. The molecule has 146 valence electrons. The number of carbonyl (C=O) groups is 1. The number of phenols is 1. The lowest BCUT2D eigenvalue weighted by atomic mass is 10.1. The second-order valence-electron chi connectivity index (χ2n) is 6.76. The largest absolute Gasteiger partial charge is 0.508 e. The van der Waals surface area contributed by atoms with E-state index in [1.165, 1.54) is 0 Å². The number of nitrogens with zero attached hydrogens (tertiary/aromatic N) is 2. The maximum Gasteiger partial charge on any atom is 0.255 e. The highest BCUT2D eigenvalue weighted by atomic mass is 16.3. The summed E-state index contributed by atoms with van der Waals surface area (Å²) in [6.45, 7) is 2.29. The Kier molecular flexibility index (Phi) is 5.16. The van der Waals surface area contributed by atoms with Gasteiger partial charge in [-0.15, -0.1) is 0 Å². The van der Waals surface area contributed by atoms with Crippen molar-refractivity contribution in [2.45, 2.75) is 13.3 Å². The Morgan fingerprint density at radius 1 is 1.10 bits per heavy atom. The lowest BCUT2D eigenvalue weighted by Crippen LogP contribution is -2.25. The average molecular weight is 387 g/mol. The van der Waals surface area contributed by atoms with Gasteiger partial charge in [-0.25, -0.2) is 4.68 Å². The molecule has 4 rings (SSSR count). The second kappa shape index (κ2) is 8.06. The molecule has 6 heteroatoms. The van der Waals surface area contributed by atoms with Crippen LogP contribution in [0.2, 0.25) is 0 Å². The molecule has 0 saturated heterocycles. The molecular weight excluding hydrogens is 366 g/mol. The Labute approximate surface area is 168 Å². The normalized spacial score (nSPS) is 10.8. The molecule has 4 aromatic rings. The molecule has 2 heterocycles. The number of nitrogens with one attached hydrogen (secondary N) is 1. The van der Waals surface area contributed by atoms with Crippen LogP contribution in [0.3, 0.4) is 0 Å². The number of aromatic hydroxyl groups is 1. The molecule has 29 heavy (non-hydrogen) atoms. The number of para-hydroxylation sites is 1. The highest BCUT2D eigenvalue weighted by molar-refractivity contribution is 5.99. The molecule has 2 N–H and O–H groups in total. The van der Waals surface area contributed by atoms with E-state index in [0.717, 1.165) is 17.0 Å². The van der Waals surface area contributed by atoms with Gasteiger partial charge >= 0.3 is 0 Å². The Morgan fingerprint density at radius 2 is 1.93 bits per heavy atom. The third-order valence-electron chi connectivity index (χ3n) is 4.56. The van der Waals surface area contributed by atoms with Crippen molar-refractivity contribution < 1.29 is 14.3 Å². The van der Waals surface area contributed by atoms with Crippen molar-refractivity contribution in [3.05, 3.63) is 89.8 Å². The maximum atomic E-state index is 12.9. The van der Waals surface area contributed by atoms with Crippen LogP contribution < -0.4 is 5.32 Å². The van der Waals surface area contributed by atoms with Crippen LogP contribution in [-0.2, 0) is 6.42 Å². The summed E-state index contributed by atoms with van der Waals surface area (Å²) in [4.78, 5) is 12.9. The van der Waals surface area contributed by atoms with Crippen molar-refractivity contribution in [2.75, 3.05) is 6.54 Å². The molecular formula is C23H21N3O3. The van der Waals surface area contributed by atoms with Crippen molar-refractivity contribution in [1.29, 1.82) is 0 Å². The van der Waals surface area contributed by atoms with Crippen LogP contribution in [-0.4, -0.2) is 27.3 Å². The number of benzene rings is 2. The molecule has 0 fully saturated rings. The number of aromatic nitrogens is 2. The zero-order valence-corrected chi connectivity index (χ0v) is 16.0. The van der Waals surface area contributed by atoms with Gasteiger partial charge in [0.25, 0.3) is 5.91 Å². The fourth-order valence-electron chi connectivity index (χ4n) is 3.12. The first-order valence-electron chi connectivity index (χ1n) is 9.38. The van der Waals surface area contributed by atoms with Gasteiger partial charge in [0.15, 0.2) is 5.76 Å². The molecule has 0 spiro atoms. The minimum absolute atomic E-state index is 0.216. The summed E-state index contributed by atoms with van der Waals surface area (Å²) >= 11 is 0. The predicted molar refractivity (Wildman–Crippen MR) is 110 cm³/mol. The molecule has 2 aromatic carbocycles. The van der Waals surface area contributed by atoms with E-state index in [1.54, 1.807) is 29.1 Å². The Bertz CT molecular complexity index is 1130. The average Bonchev–Trinajstić information content (AvgIpc) is 3.35. The number of aryl methyl sites for hydroxylation is 1. The van der Waals surface area contributed by atoms with Crippen molar-refractivity contribution in [3.63, 3.8) is 0 Å². The zero-order chi connectivity index (χ0) is 20.2. The molecule has 0 unspecified atom stereocenters. The molecule has 0 atom stereocenters. The molecule has 0 aliphatic carbocycles. The minimum atomic E-state index is -0.226. The second-order valence-corrected chi connectivity index (χ2v) is 6.76. The molecule has 0 aliphatic rings. The van der Waals surface area contributed by atoms with Crippen molar-refractivity contribution in [2.24, 2.45) is 0 Å². The summed E-state index contributed by atoms with van der Waals surface area (Å²) in [5.74, 6) is 1.30.